The van der Waals surface area contributed by atoms with Gasteiger partial charge in [0.2, 0.25) is 0 Å². The summed E-state index contributed by atoms with van der Waals surface area (Å²) in [4.78, 5) is 34.1. The molecule has 2 N–H and O–H groups in total. The largest absolute Gasteiger partial charge is 0.463 e. The van der Waals surface area contributed by atoms with Crippen LogP contribution in [0.5, 0.6) is 0 Å². The molecule has 0 aliphatic carbocycles. The maximum Gasteiger partial charge on any atom is 0.336 e. The first-order chi connectivity index (χ1) is 17.4. The fourth-order valence-corrected chi connectivity index (χ4v) is 6.16. The molecule has 7 nitrogen and oxygen atoms in total. The number of pyridine rings is 1. The normalized spacial score (nSPS) is 17.3. The van der Waals surface area contributed by atoms with Gasteiger partial charge < -0.3 is 10.5 Å². The van der Waals surface area contributed by atoms with Crippen LogP contribution in [-0.4, -0.2) is 34.1 Å². The van der Waals surface area contributed by atoms with Crippen molar-refractivity contribution in [1.29, 1.82) is 5.26 Å². The second-order valence-corrected chi connectivity index (χ2v) is 10.3. The summed E-state index contributed by atoms with van der Waals surface area (Å²) in [7, 11) is 0. The number of hydrogen-bond acceptors (Lipinski definition) is 8. The minimum absolute atomic E-state index is 0.0127. The van der Waals surface area contributed by atoms with Crippen molar-refractivity contribution in [2.75, 3.05) is 12.4 Å². The Kier molecular flexibility index (Phi) is 6.58. The third kappa shape index (κ3) is 4.07. The molecule has 1 aromatic carbocycles. The van der Waals surface area contributed by atoms with Crippen LogP contribution in [0, 0.1) is 11.3 Å². The number of fused-ring (bicyclic) bond motifs is 2. The summed E-state index contributed by atoms with van der Waals surface area (Å²) < 4.78 is 5.40. The quantitative estimate of drug-likeness (QED) is 0.451. The molecular formula is C26H19ClN4O3S2. The molecule has 2 aliphatic heterocycles. The van der Waals surface area contributed by atoms with Crippen LogP contribution in [0.25, 0.3) is 10.6 Å². The highest BCUT2D eigenvalue weighted by Gasteiger charge is 2.43. The Morgan fingerprint density at radius 2 is 2.06 bits per heavy atom. The van der Waals surface area contributed by atoms with E-state index in [1.807, 2.05) is 17.5 Å². The minimum Gasteiger partial charge on any atom is -0.463 e. The molecule has 0 saturated carbocycles. The van der Waals surface area contributed by atoms with E-state index in [0.717, 1.165) is 10.6 Å². The lowest BCUT2D eigenvalue weighted by atomic mass is 9.81. The molecule has 0 bridgehead atoms. The molecule has 2 aromatic heterocycles. The van der Waals surface area contributed by atoms with Gasteiger partial charge in [-0.2, -0.15) is 5.26 Å². The van der Waals surface area contributed by atoms with E-state index in [-0.39, 0.29) is 29.3 Å². The molecule has 4 heterocycles. The number of aromatic nitrogens is 1. The maximum atomic E-state index is 13.8. The summed E-state index contributed by atoms with van der Waals surface area (Å²) in [6.45, 7) is 1.84. The summed E-state index contributed by atoms with van der Waals surface area (Å²) in [6.07, 6.45) is 0. The van der Waals surface area contributed by atoms with E-state index in [0.29, 0.717) is 26.9 Å². The van der Waals surface area contributed by atoms with Crippen molar-refractivity contribution in [2.45, 2.75) is 17.9 Å². The van der Waals surface area contributed by atoms with Crippen LogP contribution in [0.15, 0.2) is 81.6 Å². The van der Waals surface area contributed by atoms with Crippen LogP contribution in [0.4, 0.5) is 0 Å². The molecule has 3 aromatic rings. The predicted octanol–water partition coefficient (Wildman–Crippen LogP) is 5.32. The first-order valence-corrected chi connectivity index (χ1v) is 13.3. The Balaban J connectivity index is 1.70. The predicted molar refractivity (Wildman–Crippen MR) is 139 cm³/mol. The fraction of sp³-hybridized carbons (Fsp3) is 0.154. The van der Waals surface area contributed by atoms with Crippen molar-refractivity contribution in [2.24, 2.45) is 5.73 Å². The molecule has 1 unspecified atom stereocenters. The zero-order valence-corrected chi connectivity index (χ0v) is 21.4. The molecular weight excluding hydrogens is 516 g/mol. The number of allylic oxidation sites excluding steroid dienone is 1. The number of thiophene rings is 1. The van der Waals surface area contributed by atoms with E-state index in [1.54, 1.807) is 54.7 Å². The summed E-state index contributed by atoms with van der Waals surface area (Å²) >= 11 is 8.98. The first kappa shape index (κ1) is 24.1. The number of ether oxygens (including phenoxy) is 1. The fourth-order valence-electron chi connectivity index (χ4n) is 4.31. The van der Waals surface area contributed by atoms with Gasteiger partial charge in [-0.05, 0) is 48.2 Å². The summed E-state index contributed by atoms with van der Waals surface area (Å²) in [5.74, 6) is -1.64. The van der Waals surface area contributed by atoms with Crippen LogP contribution in [0.3, 0.4) is 0 Å². The van der Waals surface area contributed by atoms with E-state index < -0.39 is 17.8 Å². The molecule has 36 heavy (non-hydrogen) atoms. The van der Waals surface area contributed by atoms with Crippen molar-refractivity contribution in [1.82, 2.24) is 9.88 Å². The number of carbonyl (C=O) groups excluding carboxylic acids is 2. The van der Waals surface area contributed by atoms with E-state index in [2.05, 4.69) is 6.07 Å². The second kappa shape index (κ2) is 9.82. The summed E-state index contributed by atoms with van der Waals surface area (Å²) in [6, 6.07) is 16.4. The van der Waals surface area contributed by atoms with Gasteiger partial charge in [0.1, 0.15) is 10.8 Å². The smallest absolute Gasteiger partial charge is 0.336 e. The Hall–Kier alpha value is -3.58. The Morgan fingerprint density at radius 3 is 2.72 bits per heavy atom. The first-order valence-electron chi connectivity index (χ1n) is 11.0. The minimum atomic E-state index is -0.804. The van der Waals surface area contributed by atoms with Gasteiger partial charge in [0, 0.05) is 16.5 Å². The topological polar surface area (TPSA) is 109 Å². The number of halogens is 1. The number of nitrogens with two attached hydrogens (primary N) is 1. The number of amides is 1. The lowest BCUT2D eigenvalue weighted by Gasteiger charge is -2.35. The monoisotopic (exact) mass is 534 g/mol. The molecule has 180 valence electrons. The van der Waals surface area contributed by atoms with Crippen molar-refractivity contribution < 1.29 is 14.3 Å². The average molecular weight is 535 g/mol. The van der Waals surface area contributed by atoms with E-state index in [1.165, 1.54) is 16.7 Å². The lowest BCUT2D eigenvalue weighted by molar-refractivity contribution is -0.138. The van der Waals surface area contributed by atoms with Crippen molar-refractivity contribution >= 4 is 46.6 Å². The number of esters is 1. The number of carbonyl (C=O) groups is 2. The highest BCUT2D eigenvalue weighted by Crippen LogP contribution is 2.45. The van der Waals surface area contributed by atoms with Gasteiger partial charge in [-0.3, -0.25) is 9.69 Å². The van der Waals surface area contributed by atoms with Crippen molar-refractivity contribution in [3.05, 3.63) is 92.7 Å². The molecule has 1 atom stereocenters. The Bertz CT molecular complexity index is 1470. The lowest BCUT2D eigenvalue weighted by Crippen LogP contribution is -2.41. The molecule has 1 amide bonds. The van der Waals surface area contributed by atoms with E-state index in [9.17, 15) is 14.9 Å². The number of rotatable bonds is 4. The number of nitrogens with zero attached hydrogens (tertiary/aromatic N) is 3. The molecule has 5 rings (SSSR count). The summed E-state index contributed by atoms with van der Waals surface area (Å²) in [5.41, 5.74) is 8.92. The third-order valence-electron chi connectivity index (χ3n) is 5.91. The number of hydrogen-bond donors (Lipinski definition) is 1. The van der Waals surface area contributed by atoms with Crippen LogP contribution < -0.4 is 5.73 Å². The number of benzene rings is 1. The zero-order valence-electron chi connectivity index (χ0n) is 19.0. The van der Waals surface area contributed by atoms with Crippen LogP contribution in [0.2, 0.25) is 5.02 Å². The molecule has 2 aliphatic rings. The van der Waals surface area contributed by atoms with Crippen LogP contribution in [-0.2, 0) is 9.53 Å². The summed E-state index contributed by atoms with van der Waals surface area (Å²) in [5, 5.41) is 13.1. The Morgan fingerprint density at radius 1 is 1.28 bits per heavy atom. The second-order valence-electron chi connectivity index (χ2n) is 7.93. The van der Waals surface area contributed by atoms with E-state index >= 15 is 0 Å². The molecule has 10 heteroatoms. The maximum absolute atomic E-state index is 13.8. The average Bonchev–Trinajstić information content (AvgIpc) is 3.37. The highest BCUT2D eigenvalue weighted by atomic mass is 35.5. The standard InChI is InChI=1S/C26H19ClN4O3S2/c1-2-34-26(33)22-19-13-36-24-16(9-10-18(30-24)20-4-3-11-35-20)25(32)31(19)23(29)17(12-28)21(22)14-5-7-15(27)8-6-14/h3-11,21H,2,13,29H2,1H3. The van der Waals surface area contributed by atoms with Gasteiger partial charge in [0.05, 0.1) is 45.9 Å². The van der Waals surface area contributed by atoms with Crippen molar-refractivity contribution in [3.8, 4) is 16.6 Å². The zero-order chi connectivity index (χ0) is 25.4. The van der Waals surface area contributed by atoms with Gasteiger partial charge >= 0.3 is 5.97 Å². The molecule has 0 fully saturated rings. The third-order valence-corrected chi connectivity index (χ3v) is 8.05. The highest BCUT2D eigenvalue weighted by molar-refractivity contribution is 7.99. The van der Waals surface area contributed by atoms with E-state index in [4.69, 9.17) is 27.1 Å². The molecule has 0 radical (unpaired) electrons. The van der Waals surface area contributed by atoms with Crippen LogP contribution in [0.1, 0.15) is 28.8 Å². The van der Waals surface area contributed by atoms with Gasteiger partial charge in [-0.1, -0.05) is 41.6 Å². The van der Waals surface area contributed by atoms with Crippen molar-refractivity contribution in [3.63, 3.8) is 0 Å². The van der Waals surface area contributed by atoms with Gasteiger partial charge in [0.15, 0.2) is 0 Å². The van der Waals surface area contributed by atoms with Gasteiger partial charge in [0.25, 0.3) is 5.91 Å². The van der Waals surface area contributed by atoms with Crippen LogP contribution >= 0.6 is 34.7 Å². The molecule has 0 saturated heterocycles. The number of nitriles is 1. The Labute approximate surface area is 220 Å². The van der Waals surface area contributed by atoms with Gasteiger partial charge in [-0.25, -0.2) is 9.78 Å². The number of thioether (sulfide) groups is 1. The SMILES string of the molecule is CCOC(=O)C1=C2CSc3nc(-c4cccs4)ccc3C(=O)N2C(N)=C(C#N)C1c1ccc(Cl)cc1. The molecule has 0 spiro atoms. The van der Waals surface area contributed by atoms with Gasteiger partial charge in [-0.15, -0.1) is 11.3 Å².